The lowest BCUT2D eigenvalue weighted by Crippen LogP contribution is -2.42. The van der Waals surface area contributed by atoms with Crippen molar-refractivity contribution in [2.75, 3.05) is 42.2 Å². The summed E-state index contributed by atoms with van der Waals surface area (Å²) in [7, 11) is 1.47. The second-order valence-corrected chi connectivity index (χ2v) is 11.1. The molecular formula is C29H33ClFN7O2. The molecule has 9 nitrogen and oxygen atoms in total. The van der Waals surface area contributed by atoms with Crippen molar-refractivity contribution in [1.82, 2.24) is 20.2 Å². The van der Waals surface area contributed by atoms with Crippen LogP contribution in [-0.4, -0.2) is 53.5 Å². The maximum atomic E-state index is 14.7. The molecule has 0 saturated carbocycles. The van der Waals surface area contributed by atoms with Gasteiger partial charge in [-0.3, -0.25) is 9.69 Å². The van der Waals surface area contributed by atoms with Crippen LogP contribution in [0.1, 0.15) is 55.5 Å². The minimum atomic E-state index is -0.624. The SMILES string of the molecule is CNC(=O)c1cccc(F)c1Nc1nc(Nc2ccc3c(c2)N(C(=O)N2CCCC2)CCCC3(C)C)ncc1Cl. The highest BCUT2D eigenvalue weighted by Crippen LogP contribution is 2.41. The van der Waals surface area contributed by atoms with Gasteiger partial charge in [0.1, 0.15) is 10.8 Å². The molecule has 2 aliphatic heterocycles. The lowest BCUT2D eigenvalue weighted by Gasteiger charge is -2.30. The largest absolute Gasteiger partial charge is 0.355 e. The topological polar surface area (TPSA) is 102 Å². The van der Waals surface area contributed by atoms with Crippen LogP contribution < -0.4 is 20.9 Å². The number of likely N-dealkylation sites (tertiary alicyclic amines) is 1. The van der Waals surface area contributed by atoms with E-state index in [2.05, 4.69) is 45.8 Å². The van der Waals surface area contributed by atoms with Crippen molar-refractivity contribution in [2.24, 2.45) is 0 Å². The minimum absolute atomic E-state index is 0.0413. The maximum absolute atomic E-state index is 14.7. The van der Waals surface area contributed by atoms with Gasteiger partial charge >= 0.3 is 6.03 Å². The highest BCUT2D eigenvalue weighted by Gasteiger charge is 2.34. The van der Waals surface area contributed by atoms with E-state index in [9.17, 15) is 14.0 Å². The van der Waals surface area contributed by atoms with Crippen molar-refractivity contribution < 1.29 is 14.0 Å². The number of anilines is 5. The van der Waals surface area contributed by atoms with Crippen molar-refractivity contribution in [3.63, 3.8) is 0 Å². The van der Waals surface area contributed by atoms with E-state index in [1.54, 1.807) is 0 Å². The number of hydrogen-bond donors (Lipinski definition) is 3. The number of aromatic nitrogens is 2. The lowest BCUT2D eigenvalue weighted by atomic mass is 9.80. The summed E-state index contributed by atoms with van der Waals surface area (Å²) in [6.07, 6.45) is 5.34. The zero-order chi connectivity index (χ0) is 28.4. The Bertz CT molecular complexity index is 1440. The van der Waals surface area contributed by atoms with Crippen molar-refractivity contribution in [3.05, 3.63) is 64.6 Å². The number of carbonyl (C=O) groups excluding carboxylic acids is 2. The molecule has 3 N–H and O–H groups in total. The van der Waals surface area contributed by atoms with Crippen LogP contribution in [0.3, 0.4) is 0 Å². The van der Waals surface area contributed by atoms with Crippen LogP contribution in [0.5, 0.6) is 0 Å². The van der Waals surface area contributed by atoms with E-state index in [0.717, 1.165) is 50.0 Å². The van der Waals surface area contributed by atoms with Gasteiger partial charge in [0, 0.05) is 32.4 Å². The molecule has 1 aromatic heterocycles. The average molecular weight is 566 g/mol. The number of halogens is 2. The quantitative estimate of drug-likeness (QED) is 0.340. The normalized spacial score (nSPS) is 16.2. The standard InChI is InChI=1S/C29H33ClFN7O2/c1-29(2)12-7-15-38(28(40)37-13-4-5-14-37)23-16-18(10-11-20(23)29)34-27-33-17-21(30)25(36-27)35-24-19(26(39)32-3)8-6-9-22(24)31/h6,8-11,16-17H,4-5,7,12-15H2,1-3H3,(H,32,39)(H2,33,34,35,36). The van der Waals surface area contributed by atoms with Gasteiger partial charge in [-0.25, -0.2) is 14.2 Å². The summed E-state index contributed by atoms with van der Waals surface area (Å²) in [6, 6.07) is 10.2. The molecule has 0 spiro atoms. The fraction of sp³-hybridized carbons (Fsp3) is 0.379. The molecule has 1 saturated heterocycles. The monoisotopic (exact) mass is 565 g/mol. The van der Waals surface area contributed by atoms with Gasteiger partial charge in [0.15, 0.2) is 5.82 Å². The molecule has 210 valence electrons. The van der Waals surface area contributed by atoms with Gasteiger partial charge in [0.25, 0.3) is 5.91 Å². The Kier molecular flexibility index (Phi) is 7.80. The van der Waals surface area contributed by atoms with Crippen molar-refractivity contribution in [1.29, 1.82) is 0 Å². The second-order valence-electron chi connectivity index (χ2n) is 10.7. The zero-order valence-corrected chi connectivity index (χ0v) is 23.6. The summed E-state index contributed by atoms with van der Waals surface area (Å²) in [6.45, 7) is 6.63. The first-order valence-electron chi connectivity index (χ1n) is 13.5. The number of para-hydroxylation sites is 1. The molecule has 2 aliphatic rings. The summed E-state index contributed by atoms with van der Waals surface area (Å²) in [5.74, 6) is -0.723. The van der Waals surface area contributed by atoms with Crippen LogP contribution in [0.15, 0.2) is 42.6 Å². The van der Waals surface area contributed by atoms with Crippen molar-refractivity contribution in [3.8, 4) is 0 Å². The first kappa shape index (κ1) is 27.6. The van der Waals surface area contributed by atoms with Crippen LogP contribution in [0.2, 0.25) is 5.02 Å². The fourth-order valence-electron chi connectivity index (χ4n) is 5.35. The molecule has 0 aliphatic carbocycles. The molecule has 11 heteroatoms. The molecule has 40 heavy (non-hydrogen) atoms. The van der Waals surface area contributed by atoms with E-state index in [0.29, 0.717) is 12.2 Å². The van der Waals surface area contributed by atoms with E-state index in [1.807, 2.05) is 21.9 Å². The number of nitrogens with one attached hydrogen (secondary N) is 3. The van der Waals surface area contributed by atoms with Crippen molar-refractivity contribution >= 4 is 52.4 Å². The molecule has 0 atom stereocenters. The number of carbonyl (C=O) groups is 2. The maximum Gasteiger partial charge on any atom is 0.324 e. The molecule has 3 heterocycles. The molecule has 0 radical (unpaired) electrons. The predicted octanol–water partition coefficient (Wildman–Crippen LogP) is 6.21. The summed E-state index contributed by atoms with van der Waals surface area (Å²) in [5.41, 5.74) is 2.66. The Morgan fingerprint density at radius 3 is 2.58 bits per heavy atom. The van der Waals surface area contributed by atoms with Crippen molar-refractivity contribution in [2.45, 2.75) is 44.9 Å². The average Bonchev–Trinajstić information content (AvgIpc) is 3.44. The molecular weight excluding hydrogens is 533 g/mol. The predicted molar refractivity (Wildman–Crippen MR) is 156 cm³/mol. The zero-order valence-electron chi connectivity index (χ0n) is 22.9. The van der Waals surface area contributed by atoms with Gasteiger partial charge in [-0.2, -0.15) is 4.98 Å². The molecule has 2 aromatic carbocycles. The van der Waals surface area contributed by atoms with E-state index in [-0.39, 0.29) is 39.5 Å². The van der Waals surface area contributed by atoms with Crippen LogP contribution in [0.25, 0.3) is 0 Å². The highest BCUT2D eigenvalue weighted by molar-refractivity contribution is 6.33. The summed E-state index contributed by atoms with van der Waals surface area (Å²) in [4.78, 5) is 38.4. The van der Waals surface area contributed by atoms with E-state index in [4.69, 9.17) is 11.6 Å². The van der Waals surface area contributed by atoms with E-state index in [1.165, 1.54) is 31.4 Å². The van der Waals surface area contributed by atoms with Gasteiger partial charge < -0.3 is 20.9 Å². The van der Waals surface area contributed by atoms with Gasteiger partial charge in [0.05, 0.1) is 23.1 Å². The number of benzene rings is 2. The summed E-state index contributed by atoms with van der Waals surface area (Å²) < 4.78 is 14.7. The van der Waals surface area contributed by atoms with E-state index < -0.39 is 11.7 Å². The van der Waals surface area contributed by atoms with Crippen LogP contribution in [-0.2, 0) is 5.41 Å². The minimum Gasteiger partial charge on any atom is -0.355 e. The van der Waals surface area contributed by atoms with Gasteiger partial charge in [0.2, 0.25) is 5.95 Å². The number of nitrogens with zero attached hydrogens (tertiary/aromatic N) is 4. The van der Waals surface area contributed by atoms with Crippen LogP contribution >= 0.6 is 11.6 Å². The first-order valence-corrected chi connectivity index (χ1v) is 13.8. The van der Waals surface area contributed by atoms with Gasteiger partial charge in [-0.1, -0.05) is 37.6 Å². The Labute approximate surface area is 238 Å². The van der Waals surface area contributed by atoms with Crippen LogP contribution in [0.4, 0.5) is 38.0 Å². The fourth-order valence-corrected chi connectivity index (χ4v) is 5.49. The Morgan fingerprint density at radius 1 is 1.05 bits per heavy atom. The number of urea groups is 1. The van der Waals surface area contributed by atoms with E-state index >= 15 is 0 Å². The Balaban J connectivity index is 1.46. The molecule has 0 unspecified atom stereocenters. The first-order chi connectivity index (χ1) is 19.2. The smallest absolute Gasteiger partial charge is 0.324 e. The van der Waals surface area contributed by atoms with Crippen LogP contribution in [0, 0.1) is 5.82 Å². The number of rotatable bonds is 5. The summed E-state index contributed by atoms with van der Waals surface area (Å²) in [5, 5.41) is 8.72. The third kappa shape index (κ3) is 5.54. The Morgan fingerprint density at radius 2 is 1.82 bits per heavy atom. The molecule has 3 aromatic rings. The molecule has 5 rings (SSSR count). The van der Waals surface area contributed by atoms with Gasteiger partial charge in [-0.15, -0.1) is 0 Å². The second kappa shape index (κ2) is 11.3. The number of fused-ring (bicyclic) bond motifs is 1. The number of amides is 3. The number of hydrogen-bond acceptors (Lipinski definition) is 6. The highest BCUT2D eigenvalue weighted by atomic mass is 35.5. The summed E-state index contributed by atoms with van der Waals surface area (Å²) >= 11 is 6.34. The lowest BCUT2D eigenvalue weighted by molar-refractivity contribution is 0.0963. The third-order valence-electron chi connectivity index (χ3n) is 7.54. The Hall–Kier alpha value is -3.92. The third-order valence-corrected chi connectivity index (χ3v) is 7.81. The molecule has 3 amide bonds. The molecule has 0 bridgehead atoms. The van der Waals surface area contributed by atoms with Gasteiger partial charge in [-0.05, 0) is 60.9 Å². The molecule has 1 fully saturated rings.